The Morgan fingerprint density at radius 1 is 1.26 bits per heavy atom. The van der Waals surface area contributed by atoms with Gasteiger partial charge in [0.2, 0.25) is 5.76 Å². The third kappa shape index (κ3) is 5.05. The zero-order valence-corrected chi connectivity index (χ0v) is 17.6. The smallest absolute Gasteiger partial charge is 0.395 e. The van der Waals surface area contributed by atoms with E-state index in [9.17, 15) is 18.0 Å². The Morgan fingerprint density at radius 2 is 2.09 bits per heavy atom. The number of nitrogens with one attached hydrogen (secondary N) is 2. The predicted molar refractivity (Wildman–Crippen MR) is 113 cm³/mol. The lowest BCUT2D eigenvalue weighted by Crippen LogP contribution is -2.27. The third-order valence-corrected chi connectivity index (χ3v) is 4.72. The number of rotatable bonds is 5. The molecule has 34 heavy (non-hydrogen) atoms. The van der Waals surface area contributed by atoms with Gasteiger partial charge in [-0.3, -0.25) is 4.79 Å². The first kappa shape index (κ1) is 22.9. The van der Waals surface area contributed by atoms with Gasteiger partial charge in [-0.15, -0.1) is 0 Å². The molecule has 12 heteroatoms. The van der Waals surface area contributed by atoms with Crippen molar-refractivity contribution >= 4 is 16.9 Å². The summed E-state index contributed by atoms with van der Waals surface area (Å²) < 4.78 is 44.1. The monoisotopic (exact) mass is 470 g/mol. The third-order valence-electron chi connectivity index (χ3n) is 4.72. The topological polar surface area (TPSA) is 130 Å². The number of carbonyl (C=O) groups excluding carboxylic acids is 1. The van der Waals surface area contributed by atoms with Crippen LogP contribution in [0.5, 0.6) is 0 Å². The molecule has 3 aromatic heterocycles. The van der Waals surface area contributed by atoms with Gasteiger partial charge >= 0.3 is 6.18 Å². The molecule has 3 heterocycles. The van der Waals surface area contributed by atoms with Crippen molar-refractivity contribution in [2.45, 2.75) is 25.6 Å². The molecule has 0 unspecified atom stereocenters. The Hall–Kier alpha value is -4.24. The highest BCUT2D eigenvalue weighted by molar-refractivity contribution is 5.92. The van der Waals surface area contributed by atoms with E-state index in [2.05, 4.69) is 42.3 Å². The molecule has 0 aliphatic carbocycles. The number of aromatic amines is 1. The van der Waals surface area contributed by atoms with Crippen molar-refractivity contribution in [1.82, 2.24) is 30.4 Å². The average Bonchev–Trinajstić information content (AvgIpc) is 3.45. The van der Waals surface area contributed by atoms with Gasteiger partial charge in [0.15, 0.2) is 5.82 Å². The second-order valence-corrected chi connectivity index (χ2v) is 7.19. The molecule has 0 saturated carbocycles. The summed E-state index contributed by atoms with van der Waals surface area (Å²) in [6, 6.07) is 5.56. The van der Waals surface area contributed by atoms with Crippen molar-refractivity contribution in [3.63, 3.8) is 0 Å². The highest BCUT2D eigenvalue weighted by Gasteiger charge is 2.31. The van der Waals surface area contributed by atoms with Crippen molar-refractivity contribution in [3.8, 4) is 23.4 Å². The molecule has 174 valence electrons. The minimum atomic E-state index is -4.47. The Morgan fingerprint density at radius 3 is 2.85 bits per heavy atom. The molecule has 3 N–H and O–H groups in total. The van der Waals surface area contributed by atoms with Gasteiger partial charge in [-0.05, 0) is 31.0 Å². The van der Waals surface area contributed by atoms with Crippen LogP contribution in [0.3, 0.4) is 0 Å². The van der Waals surface area contributed by atoms with Crippen LogP contribution in [0.15, 0.2) is 41.2 Å². The summed E-state index contributed by atoms with van der Waals surface area (Å²) in [7, 11) is 0. The lowest BCUT2D eigenvalue weighted by Gasteiger charge is -2.10. The van der Waals surface area contributed by atoms with Crippen molar-refractivity contribution in [2.75, 3.05) is 6.61 Å². The van der Waals surface area contributed by atoms with Gasteiger partial charge in [0.05, 0.1) is 29.2 Å². The lowest BCUT2D eigenvalue weighted by molar-refractivity contribution is -0.137. The number of aliphatic hydroxyl groups excluding tert-OH is 1. The van der Waals surface area contributed by atoms with E-state index < -0.39 is 23.7 Å². The van der Waals surface area contributed by atoms with E-state index in [-0.39, 0.29) is 35.8 Å². The number of hydrogen-bond donors (Lipinski definition) is 3. The second kappa shape index (κ2) is 9.32. The first-order chi connectivity index (χ1) is 16.2. The maximum atomic E-state index is 12.9. The van der Waals surface area contributed by atoms with Crippen LogP contribution in [0.2, 0.25) is 0 Å². The van der Waals surface area contributed by atoms with Crippen molar-refractivity contribution in [1.29, 1.82) is 0 Å². The molecule has 0 saturated heterocycles. The van der Waals surface area contributed by atoms with Crippen LogP contribution in [0.4, 0.5) is 13.2 Å². The number of alkyl halides is 3. The number of nitrogens with zero attached hydrogens (tertiary/aromatic N) is 4. The number of imidazole rings is 1. The molecule has 0 aliphatic heterocycles. The number of halogens is 3. The maximum Gasteiger partial charge on any atom is 0.416 e. The van der Waals surface area contributed by atoms with E-state index in [1.165, 1.54) is 24.5 Å². The molecule has 1 atom stereocenters. The van der Waals surface area contributed by atoms with Crippen LogP contribution in [0, 0.1) is 11.8 Å². The van der Waals surface area contributed by atoms with E-state index in [0.29, 0.717) is 16.9 Å². The van der Waals surface area contributed by atoms with E-state index in [1.807, 2.05) is 0 Å². The highest BCUT2D eigenvalue weighted by atomic mass is 19.4. The molecule has 0 bridgehead atoms. The number of H-pyrrole nitrogens is 1. The molecule has 1 aromatic carbocycles. The maximum absolute atomic E-state index is 12.9. The van der Waals surface area contributed by atoms with Gasteiger partial charge in [0.25, 0.3) is 5.91 Å². The number of aromatic nitrogens is 5. The highest BCUT2D eigenvalue weighted by Crippen LogP contribution is 2.32. The standard InChI is InChI=1S/C22H17F3N6O3/c1-12(28-21(33)18-9-14(26-11-27-18)4-2-3-7-32)16-10-19(34-31-16)20-29-15-6-5-13(22(23,24)25)8-17(15)30-20/h5-6,8-12,32H,3,7H2,1H3,(H,28,33)(H,29,30)/t12-/m0/s1. The van der Waals surface area contributed by atoms with E-state index >= 15 is 0 Å². The minimum absolute atomic E-state index is 0.0781. The summed E-state index contributed by atoms with van der Waals surface area (Å²) in [4.78, 5) is 27.5. The molecule has 0 fully saturated rings. The summed E-state index contributed by atoms with van der Waals surface area (Å²) in [6.45, 7) is 1.60. The summed E-state index contributed by atoms with van der Waals surface area (Å²) in [5, 5.41) is 15.4. The Balaban J connectivity index is 1.48. The number of amides is 1. The Bertz CT molecular complexity index is 1400. The van der Waals surface area contributed by atoms with Crippen molar-refractivity contribution in [3.05, 3.63) is 59.3 Å². The van der Waals surface area contributed by atoms with Gasteiger partial charge < -0.3 is 19.9 Å². The van der Waals surface area contributed by atoms with E-state index in [0.717, 1.165) is 12.1 Å². The van der Waals surface area contributed by atoms with Gasteiger partial charge in [-0.1, -0.05) is 11.1 Å². The molecule has 0 spiro atoms. The van der Waals surface area contributed by atoms with Crippen LogP contribution in [-0.4, -0.2) is 42.7 Å². The molecule has 0 radical (unpaired) electrons. The van der Waals surface area contributed by atoms with Gasteiger partial charge in [0.1, 0.15) is 23.4 Å². The zero-order valence-electron chi connectivity index (χ0n) is 17.6. The second-order valence-electron chi connectivity index (χ2n) is 7.19. The predicted octanol–water partition coefficient (Wildman–Crippen LogP) is 3.25. The minimum Gasteiger partial charge on any atom is -0.395 e. The fraction of sp³-hybridized carbons (Fsp3) is 0.227. The number of aliphatic hydroxyl groups is 1. The fourth-order valence-electron chi connectivity index (χ4n) is 3.01. The molecular weight excluding hydrogens is 453 g/mol. The number of carbonyl (C=O) groups is 1. The number of hydrogen-bond acceptors (Lipinski definition) is 7. The molecule has 4 aromatic rings. The fourth-order valence-corrected chi connectivity index (χ4v) is 3.01. The Labute approximate surface area is 190 Å². The summed E-state index contributed by atoms with van der Waals surface area (Å²) in [5.41, 5.74) is 0.545. The molecular formula is C22H17F3N6O3. The van der Waals surface area contributed by atoms with Gasteiger partial charge in [-0.25, -0.2) is 15.0 Å². The molecule has 9 nitrogen and oxygen atoms in total. The zero-order chi connectivity index (χ0) is 24.3. The average molecular weight is 470 g/mol. The van der Waals surface area contributed by atoms with E-state index in [1.54, 1.807) is 6.92 Å². The molecule has 0 aliphatic rings. The van der Waals surface area contributed by atoms with Crippen LogP contribution < -0.4 is 5.32 Å². The van der Waals surface area contributed by atoms with Crippen molar-refractivity contribution < 1.29 is 27.6 Å². The van der Waals surface area contributed by atoms with Crippen molar-refractivity contribution in [2.24, 2.45) is 0 Å². The summed E-state index contributed by atoms with van der Waals surface area (Å²) in [5.74, 6) is 5.35. The van der Waals surface area contributed by atoms with Crippen LogP contribution >= 0.6 is 0 Å². The van der Waals surface area contributed by atoms with Crippen LogP contribution in [0.1, 0.15) is 46.8 Å². The first-order valence-corrected chi connectivity index (χ1v) is 10.0. The first-order valence-electron chi connectivity index (χ1n) is 10.0. The summed E-state index contributed by atoms with van der Waals surface area (Å²) >= 11 is 0. The number of fused-ring (bicyclic) bond motifs is 1. The summed E-state index contributed by atoms with van der Waals surface area (Å²) in [6.07, 6.45) is -2.97. The molecule has 4 rings (SSSR count). The van der Waals surface area contributed by atoms with E-state index in [4.69, 9.17) is 9.63 Å². The Kier molecular flexibility index (Phi) is 6.29. The van der Waals surface area contributed by atoms with Crippen LogP contribution in [-0.2, 0) is 6.18 Å². The largest absolute Gasteiger partial charge is 0.416 e. The van der Waals surface area contributed by atoms with Crippen LogP contribution in [0.25, 0.3) is 22.6 Å². The SMILES string of the molecule is C[C@H](NC(=O)c1cc(C#CCCO)ncn1)c1cc(-c2nc3ccc(C(F)(F)F)cc3[nH]2)on1. The number of benzene rings is 1. The normalized spacial score (nSPS) is 12.3. The quantitative estimate of drug-likeness (QED) is 0.382. The molecule has 1 amide bonds. The van der Waals surface area contributed by atoms with Gasteiger partial charge in [0, 0.05) is 18.6 Å². The lowest BCUT2D eigenvalue weighted by atomic mass is 10.2. The van der Waals surface area contributed by atoms with Gasteiger partial charge in [-0.2, -0.15) is 13.2 Å².